The van der Waals surface area contributed by atoms with Crippen LogP contribution in [0.3, 0.4) is 0 Å². The van der Waals surface area contributed by atoms with Crippen LogP contribution in [0.5, 0.6) is 0 Å². The zero-order chi connectivity index (χ0) is 22.5. The summed E-state index contributed by atoms with van der Waals surface area (Å²) in [6.45, 7) is 5.51. The summed E-state index contributed by atoms with van der Waals surface area (Å²) in [5, 5.41) is 2.70. The Bertz CT molecular complexity index is 1010. The minimum absolute atomic E-state index is 0.0617. The highest BCUT2D eigenvalue weighted by molar-refractivity contribution is 6.01. The molecule has 7 nitrogen and oxygen atoms in total. The smallest absolute Gasteiger partial charge is 0.311 e. The van der Waals surface area contributed by atoms with E-state index in [2.05, 4.69) is 5.32 Å². The second-order valence-electron chi connectivity index (χ2n) is 7.63. The van der Waals surface area contributed by atoms with Crippen LogP contribution < -0.4 is 10.2 Å². The second kappa shape index (κ2) is 9.55. The highest BCUT2D eigenvalue weighted by Gasteiger charge is 2.37. The van der Waals surface area contributed by atoms with Gasteiger partial charge in [-0.25, -0.2) is 0 Å². The molecule has 0 aliphatic carbocycles. The van der Waals surface area contributed by atoms with Gasteiger partial charge in [0.25, 0.3) is 0 Å². The number of hydrogen-bond acceptors (Lipinski definition) is 5. The average Bonchev–Trinajstić information content (AvgIpc) is 3.15. The van der Waals surface area contributed by atoms with Crippen LogP contribution in [0.15, 0.2) is 42.5 Å². The molecule has 2 aromatic carbocycles. The molecule has 1 fully saturated rings. The predicted octanol–water partition coefficient (Wildman–Crippen LogP) is 3.43. The molecule has 2 amide bonds. The van der Waals surface area contributed by atoms with E-state index >= 15 is 0 Å². The van der Waals surface area contributed by atoms with Gasteiger partial charge in [0, 0.05) is 36.3 Å². The van der Waals surface area contributed by atoms with Crippen molar-refractivity contribution < 1.29 is 23.9 Å². The van der Waals surface area contributed by atoms with Crippen LogP contribution >= 0.6 is 0 Å². The highest BCUT2D eigenvalue weighted by Crippen LogP contribution is 2.29. The summed E-state index contributed by atoms with van der Waals surface area (Å²) in [6.07, 6.45) is 0.424. The van der Waals surface area contributed by atoms with Gasteiger partial charge in [0.1, 0.15) is 0 Å². The zero-order valence-corrected chi connectivity index (χ0v) is 17.9. The van der Waals surface area contributed by atoms with Crippen molar-refractivity contribution in [1.29, 1.82) is 0 Å². The number of carbonyl (C=O) groups excluding carboxylic acids is 4. The Morgan fingerprint density at radius 3 is 2.48 bits per heavy atom. The number of rotatable bonds is 7. The summed E-state index contributed by atoms with van der Waals surface area (Å²) in [5.41, 5.74) is 3.84. The first kappa shape index (κ1) is 22.2. The average molecular weight is 422 g/mol. The van der Waals surface area contributed by atoms with Gasteiger partial charge in [-0.15, -0.1) is 0 Å². The van der Waals surface area contributed by atoms with Crippen molar-refractivity contribution in [3.05, 3.63) is 59.2 Å². The van der Waals surface area contributed by atoms with Crippen molar-refractivity contribution >= 4 is 34.9 Å². The summed E-state index contributed by atoms with van der Waals surface area (Å²) < 4.78 is 5.20. The van der Waals surface area contributed by atoms with E-state index in [0.717, 1.165) is 16.8 Å². The molecule has 0 aromatic heterocycles. The largest absolute Gasteiger partial charge is 0.457 e. The molecule has 1 aliphatic heterocycles. The first-order valence-corrected chi connectivity index (χ1v) is 10.3. The van der Waals surface area contributed by atoms with E-state index in [-0.39, 0.29) is 30.6 Å². The molecule has 3 rings (SSSR count). The number of amides is 2. The Morgan fingerprint density at radius 2 is 1.81 bits per heavy atom. The lowest BCUT2D eigenvalue weighted by Gasteiger charge is -2.20. The Morgan fingerprint density at radius 1 is 1.10 bits per heavy atom. The molecule has 162 valence electrons. The number of hydrogen-bond donors (Lipinski definition) is 1. The molecule has 1 N–H and O–H groups in total. The molecule has 0 radical (unpaired) electrons. The van der Waals surface area contributed by atoms with Crippen LogP contribution in [-0.2, 0) is 19.1 Å². The van der Waals surface area contributed by atoms with Crippen molar-refractivity contribution in [3.63, 3.8) is 0 Å². The maximum atomic E-state index is 12.5. The van der Waals surface area contributed by atoms with Crippen LogP contribution in [0, 0.1) is 19.8 Å². The van der Waals surface area contributed by atoms with Gasteiger partial charge in [-0.2, -0.15) is 0 Å². The molecule has 0 unspecified atom stereocenters. The van der Waals surface area contributed by atoms with E-state index in [9.17, 15) is 19.2 Å². The Balaban J connectivity index is 1.56. The Labute approximate surface area is 181 Å². The monoisotopic (exact) mass is 422 g/mol. The van der Waals surface area contributed by atoms with Gasteiger partial charge in [-0.3, -0.25) is 19.2 Å². The number of carbonyl (C=O) groups is 4. The van der Waals surface area contributed by atoms with Crippen molar-refractivity contribution in [3.8, 4) is 0 Å². The maximum Gasteiger partial charge on any atom is 0.311 e. The summed E-state index contributed by atoms with van der Waals surface area (Å²) in [5.74, 6) is -1.76. The Hall–Kier alpha value is -3.48. The summed E-state index contributed by atoms with van der Waals surface area (Å²) in [4.78, 5) is 50.3. The number of benzene rings is 2. The number of ketones is 1. The normalized spacial score (nSPS) is 15.6. The van der Waals surface area contributed by atoms with Crippen LogP contribution in [0.25, 0.3) is 0 Å². The number of esters is 1. The Kier molecular flexibility index (Phi) is 6.84. The third kappa shape index (κ3) is 5.17. The maximum absolute atomic E-state index is 12.5. The van der Waals surface area contributed by atoms with Crippen LogP contribution in [0.1, 0.15) is 41.3 Å². The van der Waals surface area contributed by atoms with Gasteiger partial charge < -0.3 is 15.0 Å². The number of anilines is 2. The molecule has 2 aromatic rings. The topological polar surface area (TPSA) is 92.8 Å². The van der Waals surface area contributed by atoms with Gasteiger partial charge >= 0.3 is 5.97 Å². The lowest BCUT2D eigenvalue weighted by atomic mass is 10.1. The lowest BCUT2D eigenvalue weighted by Crippen LogP contribution is -2.27. The minimum Gasteiger partial charge on any atom is -0.457 e. The summed E-state index contributed by atoms with van der Waals surface area (Å²) >= 11 is 0. The van der Waals surface area contributed by atoms with Crippen LogP contribution in [0.4, 0.5) is 11.4 Å². The molecule has 1 atom stereocenters. The van der Waals surface area contributed by atoms with E-state index in [1.165, 1.54) is 0 Å². The lowest BCUT2D eigenvalue weighted by molar-refractivity contribution is -0.147. The fraction of sp³-hybridized carbons (Fsp3) is 0.333. The van der Waals surface area contributed by atoms with Crippen molar-refractivity contribution in [2.24, 2.45) is 5.92 Å². The standard InChI is InChI=1S/C24H26N2O5/c1-4-22(28)25-19-10-8-17(9-11-19)21(27)14-31-24(30)18-12-23(29)26(13-18)20-7-5-6-15(2)16(20)3/h5-11,18H,4,12-14H2,1-3H3,(H,25,28)/t18-/m1/s1. The zero-order valence-electron chi connectivity index (χ0n) is 17.9. The van der Waals surface area contributed by atoms with E-state index in [0.29, 0.717) is 17.7 Å². The second-order valence-corrected chi connectivity index (χ2v) is 7.63. The third-order valence-corrected chi connectivity index (χ3v) is 5.48. The molecule has 31 heavy (non-hydrogen) atoms. The van der Waals surface area contributed by atoms with Gasteiger partial charge in [0.05, 0.1) is 5.92 Å². The van der Waals surface area contributed by atoms with Crippen molar-refractivity contribution in [1.82, 2.24) is 0 Å². The summed E-state index contributed by atoms with van der Waals surface area (Å²) in [7, 11) is 0. The highest BCUT2D eigenvalue weighted by atomic mass is 16.5. The molecule has 7 heteroatoms. The van der Waals surface area contributed by atoms with E-state index in [4.69, 9.17) is 4.74 Å². The summed E-state index contributed by atoms with van der Waals surface area (Å²) in [6, 6.07) is 12.1. The van der Waals surface area contributed by atoms with Gasteiger partial charge in [-0.05, 0) is 55.3 Å². The van der Waals surface area contributed by atoms with Gasteiger partial charge in [-0.1, -0.05) is 19.1 Å². The van der Waals surface area contributed by atoms with Crippen molar-refractivity contribution in [2.45, 2.75) is 33.6 Å². The predicted molar refractivity (Wildman–Crippen MR) is 117 cm³/mol. The first-order chi connectivity index (χ1) is 14.8. The molecule has 0 saturated carbocycles. The molecule has 0 bridgehead atoms. The van der Waals surface area contributed by atoms with E-state index in [1.54, 1.807) is 36.1 Å². The van der Waals surface area contributed by atoms with E-state index < -0.39 is 18.5 Å². The van der Waals surface area contributed by atoms with Gasteiger partial charge in [0.2, 0.25) is 11.8 Å². The fourth-order valence-electron chi connectivity index (χ4n) is 3.45. The van der Waals surface area contributed by atoms with Gasteiger partial charge in [0.15, 0.2) is 12.4 Å². The van der Waals surface area contributed by atoms with Crippen LogP contribution in [0.2, 0.25) is 0 Å². The molecule has 0 spiro atoms. The number of nitrogens with one attached hydrogen (secondary N) is 1. The first-order valence-electron chi connectivity index (χ1n) is 10.3. The van der Waals surface area contributed by atoms with Crippen LogP contribution in [-0.4, -0.2) is 36.7 Å². The third-order valence-electron chi connectivity index (χ3n) is 5.48. The molecular weight excluding hydrogens is 396 g/mol. The number of nitrogens with zero attached hydrogens (tertiary/aromatic N) is 1. The van der Waals surface area contributed by atoms with Crippen molar-refractivity contribution in [2.75, 3.05) is 23.4 Å². The SMILES string of the molecule is CCC(=O)Nc1ccc(C(=O)COC(=O)[C@@H]2CC(=O)N(c3cccc(C)c3C)C2)cc1. The molecular formula is C24H26N2O5. The van der Waals surface area contributed by atoms with E-state index in [1.807, 2.05) is 32.0 Å². The quantitative estimate of drug-likeness (QED) is 0.545. The minimum atomic E-state index is -0.605. The number of aryl methyl sites for hydroxylation is 1. The molecule has 1 aliphatic rings. The fourth-order valence-corrected chi connectivity index (χ4v) is 3.45. The number of Topliss-reactive ketones (excluding diaryl/α,β-unsaturated/α-hetero) is 1. The molecule has 1 heterocycles. The molecule has 1 saturated heterocycles. The number of ether oxygens (including phenoxy) is 1.